The molecule has 9 nitrogen and oxygen atoms in total. The number of likely N-dealkylation sites (tertiary alicyclic amines) is 1. The van der Waals surface area contributed by atoms with Gasteiger partial charge in [-0.3, -0.25) is 19.2 Å². The summed E-state index contributed by atoms with van der Waals surface area (Å²) in [6.07, 6.45) is 5.92. The van der Waals surface area contributed by atoms with Crippen molar-refractivity contribution in [1.82, 2.24) is 10.2 Å². The van der Waals surface area contributed by atoms with E-state index in [1.54, 1.807) is 0 Å². The van der Waals surface area contributed by atoms with Gasteiger partial charge in [0, 0.05) is 13.7 Å². The number of ketones is 1. The molecule has 3 atom stereocenters. The highest BCUT2D eigenvalue weighted by Crippen LogP contribution is 2.32. The first-order valence-corrected chi connectivity index (χ1v) is 11.7. The molecular formula is C23H44N4O5. The highest BCUT2D eigenvalue weighted by atomic mass is 16.2. The number of primary amides is 1. The van der Waals surface area contributed by atoms with Crippen LogP contribution in [-0.4, -0.2) is 65.8 Å². The predicted octanol–water partition coefficient (Wildman–Crippen LogP) is 0.963. The molecule has 3 amide bonds. The molecule has 2 aliphatic rings. The molecule has 6 N–H and O–H groups in total. The molecule has 186 valence electrons. The van der Waals surface area contributed by atoms with Crippen LogP contribution in [0.25, 0.3) is 0 Å². The van der Waals surface area contributed by atoms with Crippen molar-refractivity contribution in [2.75, 3.05) is 20.2 Å². The van der Waals surface area contributed by atoms with Crippen molar-refractivity contribution in [3.63, 3.8) is 0 Å². The zero-order valence-corrected chi connectivity index (χ0v) is 20.4. The Bertz CT molecular complexity index is 604. The summed E-state index contributed by atoms with van der Waals surface area (Å²) in [6, 6.07) is -1.56. The third-order valence-corrected chi connectivity index (χ3v) is 5.62. The highest BCUT2D eigenvalue weighted by Gasteiger charge is 2.42. The van der Waals surface area contributed by atoms with E-state index in [1.807, 2.05) is 6.92 Å². The molecule has 9 heteroatoms. The molecule has 1 saturated heterocycles. The van der Waals surface area contributed by atoms with Crippen LogP contribution in [0.15, 0.2) is 0 Å². The average molecular weight is 457 g/mol. The Labute approximate surface area is 192 Å². The summed E-state index contributed by atoms with van der Waals surface area (Å²) in [5.74, 6) is -1.29. The van der Waals surface area contributed by atoms with Gasteiger partial charge in [0.1, 0.15) is 6.04 Å². The second-order valence-corrected chi connectivity index (χ2v) is 9.13. The number of nitrogens with one attached hydrogen (secondary N) is 1. The lowest BCUT2D eigenvalue weighted by Gasteiger charge is -2.32. The number of aliphatic hydroxyl groups is 1. The van der Waals surface area contributed by atoms with Gasteiger partial charge in [-0.05, 0) is 37.0 Å². The van der Waals surface area contributed by atoms with E-state index in [0.29, 0.717) is 18.9 Å². The minimum Gasteiger partial charge on any atom is -0.400 e. The van der Waals surface area contributed by atoms with E-state index in [0.717, 1.165) is 51.6 Å². The number of hydrogen-bond donors (Lipinski definition) is 4. The van der Waals surface area contributed by atoms with Crippen LogP contribution in [0.2, 0.25) is 0 Å². The molecule has 1 heterocycles. The molecule has 2 unspecified atom stereocenters. The molecule has 0 aromatic heterocycles. The van der Waals surface area contributed by atoms with Crippen LogP contribution in [-0.2, 0) is 19.2 Å². The maximum Gasteiger partial charge on any atom is 0.287 e. The van der Waals surface area contributed by atoms with Crippen molar-refractivity contribution in [3.8, 4) is 0 Å². The third kappa shape index (κ3) is 9.65. The Kier molecular flexibility index (Phi) is 14.8. The summed E-state index contributed by atoms with van der Waals surface area (Å²) in [7, 11) is 1.00. The second kappa shape index (κ2) is 15.7. The number of Topliss-reactive ketones (excluding diaryl/α,β-unsaturated/α-hetero) is 1. The number of amides is 3. The molecule has 0 spiro atoms. The van der Waals surface area contributed by atoms with E-state index in [2.05, 4.69) is 26.1 Å². The van der Waals surface area contributed by atoms with Gasteiger partial charge in [0.15, 0.2) is 0 Å². The van der Waals surface area contributed by atoms with Gasteiger partial charge in [0.2, 0.25) is 17.6 Å². The van der Waals surface area contributed by atoms with E-state index in [1.165, 1.54) is 4.90 Å². The predicted molar refractivity (Wildman–Crippen MR) is 124 cm³/mol. The lowest BCUT2D eigenvalue weighted by atomic mass is 9.80. The van der Waals surface area contributed by atoms with Gasteiger partial charge in [-0.1, -0.05) is 53.4 Å². The minimum absolute atomic E-state index is 0.0310. The van der Waals surface area contributed by atoms with Crippen LogP contribution < -0.4 is 16.8 Å². The van der Waals surface area contributed by atoms with Crippen molar-refractivity contribution in [2.24, 2.45) is 29.2 Å². The molecule has 2 rings (SSSR count). The summed E-state index contributed by atoms with van der Waals surface area (Å²) in [5, 5.41) is 9.71. The van der Waals surface area contributed by atoms with Gasteiger partial charge in [-0.15, -0.1) is 0 Å². The van der Waals surface area contributed by atoms with Crippen molar-refractivity contribution in [2.45, 2.75) is 84.7 Å². The Hall–Kier alpha value is -2.00. The fraction of sp³-hybridized carbons (Fsp3) is 0.826. The van der Waals surface area contributed by atoms with Gasteiger partial charge in [0.05, 0.1) is 12.6 Å². The number of carbonyl (C=O) groups excluding carboxylic acids is 4. The van der Waals surface area contributed by atoms with Crippen LogP contribution in [0.5, 0.6) is 0 Å². The number of nitrogens with zero attached hydrogens (tertiary/aromatic N) is 1. The van der Waals surface area contributed by atoms with Crippen molar-refractivity contribution >= 4 is 23.5 Å². The van der Waals surface area contributed by atoms with Crippen LogP contribution in [0.4, 0.5) is 0 Å². The molecular weight excluding hydrogens is 412 g/mol. The van der Waals surface area contributed by atoms with Crippen molar-refractivity contribution in [1.29, 1.82) is 0 Å². The molecule has 0 radical (unpaired) electrons. The number of carbonyl (C=O) groups is 4. The first kappa shape index (κ1) is 30.0. The Morgan fingerprint density at radius 1 is 1.09 bits per heavy atom. The Morgan fingerprint density at radius 2 is 1.66 bits per heavy atom. The monoisotopic (exact) mass is 456 g/mol. The van der Waals surface area contributed by atoms with Crippen molar-refractivity contribution in [3.05, 3.63) is 0 Å². The highest BCUT2D eigenvalue weighted by molar-refractivity contribution is 6.37. The molecule has 1 aliphatic carbocycles. The van der Waals surface area contributed by atoms with Gasteiger partial charge in [-0.25, -0.2) is 0 Å². The molecule has 0 aromatic carbocycles. The van der Waals surface area contributed by atoms with E-state index < -0.39 is 23.8 Å². The Morgan fingerprint density at radius 3 is 2.06 bits per heavy atom. The second-order valence-electron chi connectivity index (χ2n) is 9.13. The topological polar surface area (TPSA) is 156 Å². The van der Waals surface area contributed by atoms with Gasteiger partial charge in [-0.2, -0.15) is 0 Å². The first-order chi connectivity index (χ1) is 15.1. The lowest BCUT2D eigenvalue weighted by molar-refractivity contribution is -0.142. The molecule has 1 saturated carbocycles. The smallest absolute Gasteiger partial charge is 0.287 e. The summed E-state index contributed by atoms with van der Waals surface area (Å²) >= 11 is 0. The lowest BCUT2D eigenvalue weighted by Crippen LogP contribution is -2.55. The van der Waals surface area contributed by atoms with E-state index in [9.17, 15) is 19.2 Å². The first-order valence-electron chi connectivity index (χ1n) is 11.7. The molecule has 0 aromatic rings. The summed E-state index contributed by atoms with van der Waals surface area (Å²) in [6.45, 7) is 8.85. The van der Waals surface area contributed by atoms with Crippen LogP contribution in [0.1, 0.15) is 72.6 Å². The largest absolute Gasteiger partial charge is 0.400 e. The standard InChI is InChI=1S/C18H30N4O4.C4H10.CH4O/c1-2-4-12-7-8-22(14(23)10-19)15(12)18(26)21-13(16(24)17(20)25)9-11-5-3-6-11;1-4(2)3;1-2/h11-13,15H,2-10,19H2,1H3,(H2,20,25)(H,21,26);4H,1-3H3;2H,1H3/t12-,13?,15?;;/m0../s1. The van der Waals surface area contributed by atoms with E-state index in [4.69, 9.17) is 16.6 Å². The summed E-state index contributed by atoms with van der Waals surface area (Å²) < 4.78 is 0. The minimum atomic E-state index is -1.04. The summed E-state index contributed by atoms with van der Waals surface area (Å²) in [4.78, 5) is 50.1. The van der Waals surface area contributed by atoms with E-state index in [-0.39, 0.29) is 24.3 Å². The zero-order valence-electron chi connectivity index (χ0n) is 20.4. The quantitative estimate of drug-likeness (QED) is 0.379. The third-order valence-electron chi connectivity index (χ3n) is 5.62. The molecule has 1 aliphatic heterocycles. The Balaban J connectivity index is 0.00000144. The van der Waals surface area contributed by atoms with Crippen LogP contribution in [0.3, 0.4) is 0 Å². The van der Waals surface area contributed by atoms with Gasteiger partial charge in [0.25, 0.3) is 5.91 Å². The maximum atomic E-state index is 12.9. The maximum absolute atomic E-state index is 12.9. The van der Waals surface area contributed by atoms with Crippen LogP contribution >= 0.6 is 0 Å². The number of aliphatic hydroxyl groups excluding tert-OH is 1. The SMILES string of the molecule is CC(C)C.CCC[C@H]1CCN(C(=O)CN)C1C(=O)NC(CC1CCC1)C(=O)C(N)=O.CO. The molecule has 32 heavy (non-hydrogen) atoms. The summed E-state index contributed by atoms with van der Waals surface area (Å²) in [5.41, 5.74) is 10.6. The van der Waals surface area contributed by atoms with E-state index >= 15 is 0 Å². The van der Waals surface area contributed by atoms with Crippen molar-refractivity contribution < 1.29 is 24.3 Å². The molecule has 2 fully saturated rings. The fourth-order valence-electron chi connectivity index (χ4n) is 4.00. The normalized spacial score (nSPS) is 20.8. The average Bonchev–Trinajstić information content (AvgIpc) is 3.13. The molecule has 0 bridgehead atoms. The number of nitrogens with two attached hydrogens (primary N) is 2. The number of rotatable bonds is 9. The van der Waals surface area contributed by atoms with Gasteiger partial charge < -0.3 is 26.8 Å². The fourth-order valence-corrected chi connectivity index (χ4v) is 4.00. The zero-order chi connectivity index (χ0) is 24.8. The van der Waals surface area contributed by atoms with Crippen LogP contribution in [0, 0.1) is 17.8 Å². The van der Waals surface area contributed by atoms with Gasteiger partial charge >= 0.3 is 0 Å². The number of hydrogen-bond acceptors (Lipinski definition) is 6.